The predicted octanol–water partition coefficient (Wildman–Crippen LogP) is 0.809. The van der Waals surface area contributed by atoms with Crippen molar-refractivity contribution < 1.29 is 5.11 Å². The third-order valence-corrected chi connectivity index (χ3v) is 3.31. The highest BCUT2D eigenvalue weighted by atomic mass is 16.3. The second-order valence-electron chi connectivity index (χ2n) is 4.55. The predicted molar refractivity (Wildman–Crippen MR) is 76.8 cm³/mol. The van der Waals surface area contributed by atoms with Gasteiger partial charge in [0.15, 0.2) is 0 Å². The largest absolute Gasteiger partial charge is 0.395 e. The Morgan fingerprint density at radius 3 is 2.84 bits per heavy atom. The lowest BCUT2D eigenvalue weighted by Crippen LogP contribution is -2.28. The SMILES string of the molecule is CCN(CCO)Cc1nc2ccccc2n1CCN. The van der Waals surface area contributed by atoms with Crippen LogP contribution in [0.25, 0.3) is 11.0 Å². The van der Waals surface area contributed by atoms with Crippen molar-refractivity contribution in [2.45, 2.75) is 20.0 Å². The van der Waals surface area contributed by atoms with Gasteiger partial charge in [0, 0.05) is 19.6 Å². The van der Waals surface area contributed by atoms with Crippen molar-refractivity contribution in [3.63, 3.8) is 0 Å². The molecule has 0 aliphatic carbocycles. The molecule has 1 heterocycles. The summed E-state index contributed by atoms with van der Waals surface area (Å²) in [6.07, 6.45) is 0. The molecule has 0 amide bonds. The van der Waals surface area contributed by atoms with Crippen molar-refractivity contribution >= 4 is 11.0 Å². The van der Waals surface area contributed by atoms with Gasteiger partial charge >= 0.3 is 0 Å². The lowest BCUT2D eigenvalue weighted by molar-refractivity contribution is 0.192. The van der Waals surface area contributed by atoms with Crippen LogP contribution in [-0.4, -0.2) is 45.8 Å². The quantitative estimate of drug-likeness (QED) is 0.775. The van der Waals surface area contributed by atoms with Crippen molar-refractivity contribution in [1.29, 1.82) is 0 Å². The Labute approximate surface area is 113 Å². The molecule has 2 aromatic rings. The van der Waals surface area contributed by atoms with Crippen molar-refractivity contribution in [3.05, 3.63) is 30.1 Å². The minimum absolute atomic E-state index is 0.172. The summed E-state index contributed by atoms with van der Waals surface area (Å²) in [5, 5.41) is 9.07. The zero-order chi connectivity index (χ0) is 13.7. The number of fused-ring (bicyclic) bond motifs is 1. The molecule has 0 saturated heterocycles. The second-order valence-corrected chi connectivity index (χ2v) is 4.55. The summed E-state index contributed by atoms with van der Waals surface area (Å²) in [6.45, 7) is 5.93. The molecule has 2 rings (SSSR count). The molecule has 3 N–H and O–H groups in total. The summed E-state index contributed by atoms with van der Waals surface area (Å²) in [5.41, 5.74) is 7.83. The molecule has 19 heavy (non-hydrogen) atoms. The standard InChI is InChI=1S/C14H22N4O/c1-2-17(9-10-19)11-14-16-12-5-3-4-6-13(12)18(14)8-7-15/h3-6,19H,2,7-11,15H2,1H3. The van der Waals surface area contributed by atoms with Crippen LogP contribution in [0.15, 0.2) is 24.3 Å². The van der Waals surface area contributed by atoms with Crippen molar-refractivity contribution in [2.24, 2.45) is 5.73 Å². The van der Waals surface area contributed by atoms with E-state index < -0.39 is 0 Å². The van der Waals surface area contributed by atoms with Gasteiger partial charge in [-0.3, -0.25) is 4.90 Å². The van der Waals surface area contributed by atoms with Crippen molar-refractivity contribution in [3.8, 4) is 0 Å². The van der Waals surface area contributed by atoms with E-state index in [0.29, 0.717) is 13.1 Å². The lowest BCUT2D eigenvalue weighted by Gasteiger charge is -2.19. The Bertz CT molecular complexity index is 523. The topological polar surface area (TPSA) is 67.3 Å². The highest BCUT2D eigenvalue weighted by Crippen LogP contribution is 2.17. The molecule has 0 unspecified atom stereocenters. The molecule has 5 heteroatoms. The lowest BCUT2D eigenvalue weighted by atomic mass is 10.3. The van der Waals surface area contributed by atoms with E-state index in [4.69, 9.17) is 10.8 Å². The fraction of sp³-hybridized carbons (Fsp3) is 0.500. The minimum atomic E-state index is 0.172. The number of likely N-dealkylation sites (N-methyl/N-ethyl adjacent to an activating group) is 1. The average molecular weight is 262 g/mol. The molecule has 0 bridgehead atoms. The number of rotatable bonds is 7. The number of nitrogens with two attached hydrogens (primary N) is 1. The third kappa shape index (κ3) is 3.12. The smallest absolute Gasteiger partial charge is 0.124 e. The van der Waals surface area contributed by atoms with Crippen LogP contribution in [0.2, 0.25) is 0 Å². The fourth-order valence-electron chi connectivity index (χ4n) is 2.32. The van der Waals surface area contributed by atoms with Crippen LogP contribution in [0.1, 0.15) is 12.7 Å². The van der Waals surface area contributed by atoms with E-state index in [1.165, 1.54) is 0 Å². The summed E-state index contributed by atoms with van der Waals surface area (Å²) < 4.78 is 2.18. The Kier molecular flexibility index (Phi) is 4.90. The molecule has 0 radical (unpaired) electrons. The minimum Gasteiger partial charge on any atom is -0.395 e. The summed E-state index contributed by atoms with van der Waals surface area (Å²) in [7, 11) is 0. The highest BCUT2D eigenvalue weighted by molar-refractivity contribution is 5.75. The van der Waals surface area contributed by atoms with Gasteiger partial charge in [-0.05, 0) is 18.7 Å². The van der Waals surface area contributed by atoms with E-state index in [-0.39, 0.29) is 6.61 Å². The van der Waals surface area contributed by atoms with Gasteiger partial charge in [0.05, 0.1) is 24.2 Å². The van der Waals surface area contributed by atoms with Crippen LogP contribution in [0.5, 0.6) is 0 Å². The molecule has 0 saturated carbocycles. The molecule has 0 aliphatic rings. The number of aromatic nitrogens is 2. The molecule has 0 fully saturated rings. The molecule has 0 atom stereocenters. The summed E-state index contributed by atoms with van der Waals surface area (Å²) >= 11 is 0. The molecular weight excluding hydrogens is 240 g/mol. The summed E-state index contributed by atoms with van der Waals surface area (Å²) in [6, 6.07) is 8.11. The number of imidazole rings is 1. The van der Waals surface area contributed by atoms with Crippen LogP contribution < -0.4 is 5.73 Å². The number of hydrogen-bond acceptors (Lipinski definition) is 4. The Balaban J connectivity index is 2.32. The van der Waals surface area contributed by atoms with Gasteiger partial charge in [0.2, 0.25) is 0 Å². The maximum atomic E-state index is 9.07. The number of hydrogen-bond donors (Lipinski definition) is 2. The third-order valence-electron chi connectivity index (χ3n) is 3.31. The zero-order valence-electron chi connectivity index (χ0n) is 11.4. The maximum absolute atomic E-state index is 9.07. The van der Waals surface area contributed by atoms with E-state index in [0.717, 1.165) is 36.5 Å². The number of nitrogens with zero attached hydrogens (tertiary/aromatic N) is 3. The van der Waals surface area contributed by atoms with Gasteiger partial charge in [-0.25, -0.2) is 4.98 Å². The van der Waals surface area contributed by atoms with Crippen LogP contribution in [-0.2, 0) is 13.1 Å². The van der Waals surface area contributed by atoms with E-state index >= 15 is 0 Å². The average Bonchev–Trinajstić information content (AvgIpc) is 2.77. The highest BCUT2D eigenvalue weighted by Gasteiger charge is 2.12. The molecule has 0 spiro atoms. The number of aliphatic hydroxyl groups is 1. The summed E-state index contributed by atoms with van der Waals surface area (Å²) in [5.74, 6) is 1.02. The Hall–Kier alpha value is -1.43. The van der Waals surface area contributed by atoms with Crippen LogP contribution in [0.3, 0.4) is 0 Å². The van der Waals surface area contributed by atoms with Gasteiger partial charge in [-0.15, -0.1) is 0 Å². The first-order valence-corrected chi connectivity index (χ1v) is 6.77. The Morgan fingerprint density at radius 1 is 1.37 bits per heavy atom. The molecular formula is C14H22N4O. The van der Waals surface area contributed by atoms with Gasteiger partial charge < -0.3 is 15.4 Å². The molecule has 5 nitrogen and oxygen atoms in total. The monoisotopic (exact) mass is 262 g/mol. The first kappa shape index (κ1) is 14.0. The first-order chi connectivity index (χ1) is 9.30. The Morgan fingerprint density at radius 2 is 2.16 bits per heavy atom. The van der Waals surface area contributed by atoms with Crippen molar-refractivity contribution in [2.75, 3.05) is 26.2 Å². The van der Waals surface area contributed by atoms with Gasteiger partial charge in [0.25, 0.3) is 0 Å². The van der Waals surface area contributed by atoms with Gasteiger partial charge in [0.1, 0.15) is 5.82 Å². The molecule has 104 valence electrons. The van der Waals surface area contributed by atoms with Crippen LogP contribution in [0, 0.1) is 0 Å². The van der Waals surface area contributed by atoms with Crippen LogP contribution in [0.4, 0.5) is 0 Å². The van der Waals surface area contributed by atoms with E-state index in [2.05, 4.69) is 27.4 Å². The van der Waals surface area contributed by atoms with E-state index in [9.17, 15) is 0 Å². The molecule has 1 aromatic carbocycles. The van der Waals surface area contributed by atoms with E-state index in [1.54, 1.807) is 0 Å². The number of para-hydroxylation sites is 2. The van der Waals surface area contributed by atoms with Crippen molar-refractivity contribution in [1.82, 2.24) is 14.5 Å². The molecule has 0 aliphatic heterocycles. The zero-order valence-corrected chi connectivity index (χ0v) is 11.4. The van der Waals surface area contributed by atoms with E-state index in [1.807, 2.05) is 18.2 Å². The number of aliphatic hydroxyl groups excluding tert-OH is 1. The fourth-order valence-corrected chi connectivity index (χ4v) is 2.32. The normalized spacial score (nSPS) is 11.6. The van der Waals surface area contributed by atoms with Gasteiger partial charge in [-0.1, -0.05) is 19.1 Å². The first-order valence-electron chi connectivity index (χ1n) is 6.77. The second kappa shape index (κ2) is 6.65. The number of benzene rings is 1. The van der Waals surface area contributed by atoms with Gasteiger partial charge in [-0.2, -0.15) is 0 Å². The summed E-state index contributed by atoms with van der Waals surface area (Å²) in [4.78, 5) is 6.86. The molecule has 1 aromatic heterocycles. The maximum Gasteiger partial charge on any atom is 0.124 e. The van der Waals surface area contributed by atoms with Crippen LogP contribution >= 0.6 is 0 Å².